The molecule has 0 unspecified atom stereocenters. The molecular formula is C10H5N3. The van der Waals surface area contributed by atoms with Crippen LogP contribution in [-0.4, -0.2) is 0 Å². The molecule has 0 heterocycles. The summed E-state index contributed by atoms with van der Waals surface area (Å²) in [6, 6.07) is 10.6. The van der Waals surface area contributed by atoms with Gasteiger partial charge in [-0.2, -0.15) is 15.8 Å². The average Bonchev–Trinajstić information content (AvgIpc) is 2.18. The lowest BCUT2D eigenvalue weighted by Crippen LogP contribution is -1.89. The molecule has 0 aliphatic rings. The van der Waals surface area contributed by atoms with E-state index in [4.69, 9.17) is 15.8 Å². The van der Waals surface area contributed by atoms with Gasteiger partial charge in [0.25, 0.3) is 0 Å². The van der Waals surface area contributed by atoms with E-state index in [0.29, 0.717) is 16.7 Å². The van der Waals surface area contributed by atoms with Crippen LogP contribution in [0, 0.1) is 34.0 Å². The van der Waals surface area contributed by atoms with E-state index in [0.717, 1.165) is 0 Å². The van der Waals surface area contributed by atoms with E-state index in [1.165, 1.54) is 0 Å². The number of hydrogen-bond donors (Lipinski definition) is 0. The number of hydrogen-bond acceptors (Lipinski definition) is 3. The Balaban J connectivity index is 3.23. The second-order valence-electron chi connectivity index (χ2n) is 2.43. The van der Waals surface area contributed by atoms with Gasteiger partial charge in [-0.15, -0.1) is 0 Å². The highest BCUT2D eigenvalue weighted by atomic mass is 14.3. The molecule has 0 aliphatic carbocycles. The largest absolute Gasteiger partial charge is 0.198 e. The van der Waals surface area contributed by atoms with Gasteiger partial charge < -0.3 is 0 Å². The van der Waals surface area contributed by atoms with Gasteiger partial charge in [-0.1, -0.05) is 0 Å². The standard InChI is InChI=1S/C10H5N3/c11-4-3-9-5-8(6-12)1-2-10(9)7-13/h1-2,5H,3H2. The van der Waals surface area contributed by atoms with Crippen molar-refractivity contribution >= 4 is 0 Å². The monoisotopic (exact) mass is 167 g/mol. The molecule has 0 saturated heterocycles. The zero-order chi connectivity index (χ0) is 9.68. The Morgan fingerprint density at radius 3 is 2.38 bits per heavy atom. The van der Waals surface area contributed by atoms with Crippen molar-refractivity contribution in [3.8, 4) is 18.2 Å². The van der Waals surface area contributed by atoms with E-state index in [1.54, 1.807) is 18.2 Å². The molecule has 0 saturated carbocycles. The van der Waals surface area contributed by atoms with Crippen LogP contribution in [0.1, 0.15) is 16.7 Å². The fraction of sp³-hybridized carbons (Fsp3) is 0.100. The molecule has 1 aromatic carbocycles. The molecule has 3 heteroatoms. The topological polar surface area (TPSA) is 71.4 Å². The number of benzene rings is 1. The first-order valence-corrected chi connectivity index (χ1v) is 3.62. The van der Waals surface area contributed by atoms with Crippen LogP contribution in [0.15, 0.2) is 18.2 Å². The highest BCUT2D eigenvalue weighted by Gasteiger charge is 2.02. The molecule has 13 heavy (non-hydrogen) atoms. The molecule has 1 rings (SSSR count). The van der Waals surface area contributed by atoms with Crippen LogP contribution in [0.3, 0.4) is 0 Å². The van der Waals surface area contributed by atoms with Crippen molar-refractivity contribution in [1.29, 1.82) is 15.8 Å². The van der Waals surface area contributed by atoms with Gasteiger partial charge in [-0.25, -0.2) is 0 Å². The fourth-order valence-electron chi connectivity index (χ4n) is 1.00. The van der Waals surface area contributed by atoms with Crippen molar-refractivity contribution in [2.75, 3.05) is 0 Å². The lowest BCUT2D eigenvalue weighted by atomic mass is 10.0. The first-order valence-electron chi connectivity index (χ1n) is 3.62. The third-order valence-electron chi connectivity index (χ3n) is 1.62. The first kappa shape index (κ1) is 8.78. The van der Waals surface area contributed by atoms with Crippen LogP contribution < -0.4 is 0 Å². The lowest BCUT2D eigenvalue weighted by molar-refractivity contribution is 1.23. The lowest BCUT2D eigenvalue weighted by Gasteiger charge is -1.97. The van der Waals surface area contributed by atoms with Gasteiger partial charge in [0.1, 0.15) is 0 Å². The molecule has 0 atom stereocenters. The summed E-state index contributed by atoms with van der Waals surface area (Å²) in [7, 11) is 0. The SMILES string of the molecule is N#CCc1cc(C#N)ccc1C#N. The maximum atomic E-state index is 8.67. The smallest absolute Gasteiger partial charge is 0.0994 e. The minimum absolute atomic E-state index is 0.165. The molecule has 0 N–H and O–H groups in total. The maximum absolute atomic E-state index is 8.67. The molecule has 0 aromatic heterocycles. The molecule has 0 radical (unpaired) electrons. The second kappa shape index (κ2) is 3.90. The van der Waals surface area contributed by atoms with Gasteiger partial charge >= 0.3 is 0 Å². The highest BCUT2D eigenvalue weighted by Crippen LogP contribution is 2.10. The molecule has 0 spiro atoms. The zero-order valence-electron chi connectivity index (χ0n) is 6.78. The van der Waals surface area contributed by atoms with E-state index in [1.807, 2.05) is 18.2 Å². The molecule has 0 fully saturated rings. The average molecular weight is 167 g/mol. The van der Waals surface area contributed by atoms with Crippen LogP contribution in [0.5, 0.6) is 0 Å². The summed E-state index contributed by atoms with van der Waals surface area (Å²) in [5, 5.41) is 25.7. The second-order valence-corrected chi connectivity index (χ2v) is 2.43. The Kier molecular flexibility index (Phi) is 2.64. The fourth-order valence-corrected chi connectivity index (χ4v) is 1.00. The minimum Gasteiger partial charge on any atom is -0.198 e. The molecule has 0 bridgehead atoms. The molecule has 3 nitrogen and oxygen atoms in total. The predicted molar refractivity (Wildman–Crippen MR) is 45.2 cm³/mol. The molecule has 1 aromatic rings. The Morgan fingerprint density at radius 2 is 1.85 bits per heavy atom. The zero-order valence-corrected chi connectivity index (χ0v) is 6.78. The quantitative estimate of drug-likeness (QED) is 0.636. The van der Waals surface area contributed by atoms with Crippen LogP contribution in [0.4, 0.5) is 0 Å². The van der Waals surface area contributed by atoms with Gasteiger partial charge in [-0.05, 0) is 23.8 Å². The van der Waals surface area contributed by atoms with Crippen LogP contribution in [0.2, 0.25) is 0 Å². The van der Waals surface area contributed by atoms with Crippen LogP contribution in [-0.2, 0) is 6.42 Å². The first-order chi connectivity index (χ1) is 6.31. The van der Waals surface area contributed by atoms with Gasteiger partial charge in [0, 0.05) is 0 Å². The third-order valence-corrected chi connectivity index (χ3v) is 1.62. The molecule has 0 aliphatic heterocycles. The maximum Gasteiger partial charge on any atom is 0.0994 e. The highest BCUT2D eigenvalue weighted by molar-refractivity contribution is 5.44. The van der Waals surface area contributed by atoms with Crippen molar-refractivity contribution in [2.45, 2.75) is 6.42 Å². The number of nitriles is 3. The van der Waals surface area contributed by atoms with E-state index >= 15 is 0 Å². The summed E-state index contributed by atoms with van der Waals surface area (Å²) >= 11 is 0. The van der Waals surface area contributed by atoms with E-state index < -0.39 is 0 Å². The Bertz CT molecular complexity index is 441. The van der Waals surface area contributed by atoms with Crippen LogP contribution in [0.25, 0.3) is 0 Å². The Morgan fingerprint density at radius 1 is 1.08 bits per heavy atom. The Labute approximate surface area is 76.1 Å². The third kappa shape index (κ3) is 1.83. The predicted octanol–water partition coefficient (Wildman–Crippen LogP) is 1.50. The van der Waals surface area contributed by atoms with Crippen molar-refractivity contribution in [3.05, 3.63) is 34.9 Å². The van der Waals surface area contributed by atoms with Gasteiger partial charge in [-0.3, -0.25) is 0 Å². The summed E-state index contributed by atoms with van der Waals surface area (Å²) in [4.78, 5) is 0. The van der Waals surface area contributed by atoms with Crippen molar-refractivity contribution in [1.82, 2.24) is 0 Å². The number of rotatable bonds is 1. The van der Waals surface area contributed by atoms with E-state index in [-0.39, 0.29) is 6.42 Å². The van der Waals surface area contributed by atoms with Gasteiger partial charge in [0.2, 0.25) is 0 Å². The van der Waals surface area contributed by atoms with Gasteiger partial charge in [0.05, 0.1) is 35.8 Å². The summed E-state index contributed by atoms with van der Waals surface area (Å²) in [6.45, 7) is 0. The van der Waals surface area contributed by atoms with Crippen LogP contribution >= 0.6 is 0 Å². The molecular weight excluding hydrogens is 162 g/mol. The summed E-state index contributed by atoms with van der Waals surface area (Å²) in [6.07, 6.45) is 0.165. The summed E-state index contributed by atoms with van der Waals surface area (Å²) in [5.41, 5.74) is 1.55. The molecule has 0 amide bonds. The van der Waals surface area contributed by atoms with E-state index in [9.17, 15) is 0 Å². The number of nitrogens with zero attached hydrogens (tertiary/aromatic N) is 3. The van der Waals surface area contributed by atoms with Crippen molar-refractivity contribution in [3.63, 3.8) is 0 Å². The van der Waals surface area contributed by atoms with Crippen molar-refractivity contribution in [2.24, 2.45) is 0 Å². The minimum atomic E-state index is 0.165. The van der Waals surface area contributed by atoms with Crippen molar-refractivity contribution < 1.29 is 0 Å². The van der Waals surface area contributed by atoms with E-state index in [2.05, 4.69) is 0 Å². The summed E-state index contributed by atoms with van der Waals surface area (Å²) in [5.74, 6) is 0. The normalized spacial score (nSPS) is 8.08. The van der Waals surface area contributed by atoms with Gasteiger partial charge in [0.15, 0.2) is 0 Å². The Hall–Kier alpha value is -2.31. The summed E-state index contributed by atoms with van der Waals surface area (Å²) < 4.78 is 0. The molecule has 60 valence electrons.